The van der Waals surface area contributed by atoms with Crippen molar-refractivity contribution in [3.05, 3.63) is 70.8 Å². The standard InChI is InChI=1S/C29H32FN3O4/c1-16(2)28-23(11-10-19(34)14-20(35)15-26(36)37)27(17-6-8-18(30)9-7-17)22-4-3-5-24-21(29(22)33-28)12-13-25(31)32-24/h6-13,16,19-20,34-35H,3-5,14-15H2,1-2H3,(H2,31,32)(H,36,37)/t19-,20-/m1/s1. The first-order valence-corrected chi connectivity index (χ1v) is 12.5. The normalized spacial score (nSPS) is 14.8. The van der Waals surface area contributed by atoms with Crippen LogP contribution in [-0.2, 0) is 17.6 Å². The van der Waals surface area contributed by atoms with Gasteiger partial charge in [-0.2, -0.15) is 0 Å². The molecule has 37 heavy (non-hydrogen) atoms. The Kier molecular flexibility index (Phi) is 8.00. The lowest BCUT2D eigenvalue weighted by Crippen LogP contribution is -2.19. The van der Waals surface area contributed by atoms with Gasteiger partial charge in [0.2, 0.25) is 0 Å². The number of rotatable bonds is 8. The molecule has 0 fully saturated rings. The summed E-state index contributed by atoms with van der Waals surface area (Å²) < 4.78 is 13.9. The van der Waals surface area contributed by atoms with E-state index in [0.717, 1.165) is 64.2 Å². The minimum Gasteiger partial charge on any atom is -0.481 e. The molecule has 8 heteroatoms. The molecule has 2 aromatic heterocycles. The van der Waals surface area contributed by atoms with Crippen LogP contribution in [0.5, 0.6) is 0 Å². The number of hydrogen-bond donors (Lipinski definition) is 4. The van der Waals surface area contributed by atoms with Crippen LogP contribution in [0.4, 0.5) is 10.2 Å². The molecule has 194 valence electrons. The summed E-state index contributed by atoms with van der Waals surface area (Å²) in [6.45, 7) is 4.07. The Hall–Kier alpha value is -3.62. The molecule has 5 N–H and O–H groups in total. The number of halogens is 1. The highest BCUT2D eigenvalue weighted by atomic mass is 19.1. The Morgan fingerprint density at radius 2 is 1.84 bits per heavy atom. The lowest BCUT2D eigenvalue weighted by Gasteiger charge is -2.22. The number of nitrogen functional groups attached to an aromatic ring is 1. The van der Waals surface area contributed by atoms with Crippen molar-refractivity contribution in [3.63, 3.8) is 0 Å². The maximum Gasteiger partial charge on any atom is 0.305 e. The number of pyridine rings is 2. The van der Waals surface area contributed by atoms with Gasteiger partial charge in [0.25, 0.3) is 0 Å². The van der Waals surface area contributed by atoms with Gasteiger partial charge in [0.1, 0.15) is 11.6 Å². The number of anilines is 1. The minimum atomic E-state index is -1.17. The molecule has 2 heterocycles. The molecule has 0 bridgehead atoms. The van der Waals surface area contributed by atoms with E-state index in [1.165, 1.54) is 12.1 Å². The van der Waals surface area contributed by atoms with E-state index < -0.39 is 24.6 Å². The maximum atomic E-state index is 13.9. The van der Waals surface area contributed by atoms with Gasteiger partial charge in [-0.05, 0) is 66.1 Å². The quantitative estimate of drug-likeness (QED) is 0.348. The summed E-state index contributed by atoms with van der Waals surface area (Å²) in [4.78, 5) is 20.6. The molecule has 0 saturated carbocycles. The van der Waals surface area contributed by atoms with Crippen molar-refractivity contribution >= 4 is 17.9 Å². The molecule has 7 nitrogen and oxygen atoms in total. The van der Waals surface area contributed by atoms with E-state index in [1.807, 2.05) is 19.9 Å². The van der Waals surface area contributed by atoms with Crippen molar-refractivity contribution in [1.29, 1.82) is 0 Å². The van der Waals surface area contributed by atoms with E-state index in [9.17, 15) is 19.4 Å². The molecular weight excluding hydrogens is 473 g/mol. The van der Waals surface area contributed by atoms with Crippen LogP contribution in [0.3, 0.4) is 0 Å². The number of carbonyl (C=O) groups is 1. The highest BCUT2D eigenvalue weighted by Gasteiger charge is 2.26. The molecule has 0 saturated heterocycles. The molecule has 0 spiro atoms. The third-order valence-corrected chi connectivity index (χ3v) is 6.54. The second-order valence-electron chi connectivity index (χ2n) is 9.77. The summed E-state index contributed by atoms with van der Waals surface area (Å²) in [5.74, 6) is -0.982. The maximum absolute atomic E-state index is 13.9. The molecule has 0 radical (unpaired) electrons. The zero-order valence-electron chi connectivity index (χ0n) is 21.0. The van der Waals surface area contributed by atoms with E-state index in [4.69, 9.17) is 15.8 Å². The summed E-state index contributed by atoms with van der Waals surface area (Å²) in [7, 11) is 0. The lowest BCUT2D eigenvalue weighted by atomic mass is 9.86. The molecule has 1 aliphatic carbocycles. The van der Waals surface area contributed by atoms with Crippen molar-refractivity contribution in [2.45, 2.75) is 64.1 Å². The fourth-order valence-corrected chi connectivity index (χ4v) is 4.89. The van der Waals surface area contributed by atoms with Crippen LogP contribution >= 0.6 is 0 Å². The van der Waals surface area contributed by atoms with Crippen LogP contribution in [0.25, 0.3) is 28.5 Å². The number of hydrogen-bond acceptors (Lipinski definition) is 6. The van der Waals surface area contributed by atoms with Crippen molar-refractivity contribution in [2.24, 2.45) is 0 Å². The average molecular weight is 506 g/mol. The Morgan fingerprint density at radius 1 is 1.11 bits per heavy atom. The van der Waals surface area contributed by atoms with Crippen LogP contribution in [0.15, 0.2) is 42.5 Å². The predicted molar refractivity (Wildman–Crippen MR) is 141 cm³/mol. The van der Waals surface area contributed by atoms with Gasteiger partial charge in [0, 0.05) is 17.5 Å². The highest BCUT2D eigenvalue weighted by molar-refractivity contribution is 5.85. The first kappa shape index (κ1) is 26.4. The third kappa shape index (κ3) is 6.03. The third-order valence-electron chi connectivity index (χ3n) is 6.54. The number of carboxylic acids is 1. The van der Waals surface area contributed by atoms with Crippen molar-refractivity contribution in [2.75, 3.05) is 5.73 Å². The Labute approximate surface area is 215 Å². The number of aliphatic hydroxyl groups excluding tert-OH is 2. The minimum absolute atomic E-state index is 0.0207. The molecule has 0 aliphatic heterocycles. The van der Waals surface area contributed by atoms with E-state index in [2.05, 4.69) is 4.98 Å². The van der Waals surface area contributed by atoms with Gasteiger partial charge in [-0.1, -0.05) is 38.1 Å². The number of fused-ring (bicyclic) bond motifs is 3. The molecule has 1 aromatic carbocycles. The number of aliphatic carboxylic acids is 1. The fourth-order valence-electron chi connectivity index (χ4n) is 4.89. The Morgan fingerprint density at radius 3 is 2.51 bits per heavy atom. The fraction of sp³-hybridized carbons (Fsp3) is 0.345. The lowest BCUT2D eigenvalue weighted by molar-refractivity contribution is -0.139. The molecule has 1 aliphatic rings. The van der Waals surface area contributed by atoms with E-state index in [-0.39, 0.29) is 18.2 Å². The smallest absolute Gasteiger partial charge is 0.305 e. The van der Waals surface area contributed by atoms with Gasteiger partial charge in [-0.15, -0.1) is 0 Å². The van der Waals surface area contributed by atoms with Gasteiger partial charge >= 0.3 is 5.97 Å². The van der Waals surface area contributed by atoms with Gasteiger partial charge < -0.3 is 21.1 Å². The van der Waals surface area contributed by atoms with Crippen molar-refractivity contribution < 1.29 is 24.5 Å². The molecule has 0 amide bonds. The van der Waals surface area contributed by atoms with Gasteiger partial charge in [0.05, 0.1) is 35.7 Å². The average Bonchev–Trinajstić information content (AvgIpc) is 3.00. The van der Waals surface area contributed by atoms with Crippen LogP contribution in [0, 0.1) is 5.82 Å². The van der Waals surface area contributed by atoms with Crippen molar-refractivity contribution in [3.8, 4) is 22.4 Å². The van der Waals surface area contributed by atoms with Crippen molar-refractivity contribution in [1.82, 2.24) is 9.97 Å². The second-order valence-corrected chi connectivity index (χ2v) is 9.77. The summed E-state index contributed by atoms with van der Waals surface area (Å²) in [5.41, 5.74) is 13.0. The Bertz CT molecular complexity index is 1320. The first-order valence-electron chi connectivity index (χ1n) is 12.5. The van der Waals surface area contributed by atoms with Gasteiger partial charge in [0.15, 0.2) is 0 Å². The summed E-state index contributed by atoms with van der Waals surface area (Å²) in [6, 6.07) is 10.1. The summed E-state index contributed by atoms with van der Waals surface area (Å²) in [6.07, 6.45) is 2.88. The Balaban J connectivity index is 1.91. The van der Waals surface area contributed by atoms with Crippen LogP contribution < -0.4 is 5.73 Å². The number of carboxylic acid groups (broad SMARTS) is 1. The van der Waals surface area contributed by atoms with Crippen LogP contribution in [0.1, 0.15) is 61.5 Å². The van der Waals surface area contributed by atoms with Crippen LogP contribution in [0.2, 0.25) is 0 Å². The van der Waals surface area contributed by atoms with Crippen LogP contribution in [-0.4, -0.2) is 43.5 Å². The van der Waals surface area contributed by atoms with Gasteiger partial charge in [-0.3, -0.25) is 9.78 Å². The SMILES string of the molecule is CC(C)c1nc2c(c(-c3ccc(F)cc3)c1C=C[C@@H](O)C[C@@H](O)CC(=O)O)CCCc1nc(N)ccc1-2. The molecular formula is C29H32FN3O4. The number of aliphatic hydroxyl groups is 2. The highest BCUT2D eigenvalue weighted by Crippen LogP contribution is 2.41. The molecule has 0 unspecified atom stereocenters. The summed E-state index contributed by atoms with van der Waals surface area (Å²) >= 11 is 0. The number of nitrogens with zero attached hydrogens (tertiary/aromatic N) is 2. The topological polar surface area (TPSA) is 130 Å². The molecule has 3 aromatic rings. The van der Waals surface area contributed by atoms with E-state index in [1.54, 1.807) is 30.4 Å². The number of aryl methyl sites for hydroxylation is 1. The van der Waals surface area contributed by atoms with Gasteiger partial charge in [-0.25, -0.2) is 9.37 Å². The predicted octanol–water partition coefficient (Wildman–Crippen LogP) is 4.74. The number of aromatic nitrogens is 2. The first-order chi connectivity index (χ1) is 17.6. The van der Waals surface area contributed by atoms with E-state index in [0.29, 0.717) is 5.82 Å². The summed E-state index contributed by atoms with van der Waals surface area (Å²) in [5, 5.41) is 29.4. The number of benzene rings is 1. The van der Waals surface area contributed by atoms with E-state index >= 15 is 0 Å². The number of nitrogens with two attached hydrogens (primary N) is 1. The second kappa shape index (κ2) is 11.2. The molecule has 4 rings (SSSR count). The zero-order chi connectivity index (χ0) is 26.7. The largest absolute Gasteiger partial charge is 0.481 e. The molecule has 2 atom stereocenters. The zero-order valence-corrected chi connectivity index (χ0v) is 21.0. The monoisotopic (exact) mass is 505 g/mol.